The fourth-order valence-corrected chi connectivity index (χ4v) is 3.04. The second kappa shape index (κ2) is 7.84. The van der Waals surface area contributed by atoms with Crippen LogP contribution in [0, 0.1) is 0 Å². The Bertz CT molecular complexity index is 970. The van der Waals surface area contributed by atoms with E-state index in [9.17, 15) is 9.59 Å². The van der Waals surface area contributed by atoms with E-state index in [1.165, 1.54) is 0 Å². The van der Waals surface area contributed by atoms with Crippen LogP contribution in [0.4, 0.5) is 27.5 Å². The van der Waals surface area contributed by atoms with Crippen molar-refractivity contribution in [2.75, 3.05) is 28.6 Å². The minimum Gasteiger partial charge on any atom is -0.356 e. The second-order valence-corrected chi connectivity index (χ2v) is 6.45. The topological polar surface area (TPSA) is 73.5 Å². The van der Waals surface area contributed by atoms with Gasteiger partial charge in [0.05, 0.1) is 0 Å². The van der Waals surface area contributed by atoms with Crippen molar-refractivity contribution in [3.8, 4) is 0 Å². The smallest absolute Gasteiger partial charge is 0.321 e. The highest BCUT2D eigenvalue weighted by molar-refractivity contribution is 6.05. The molecule has 1 aliphatic rings. The van der Waals surface area contributed by atoms with Crippen LogP contribution in [0.5, 0.6) is 0 Å². The van der Waals surface area contributed by atoms with Gasteiger partial charge in [-0.2, -0.15) is 0 Å². The van der Waals surface area contributed by atoms with Crippen molar-refractivity contribution in [2.24, 2.45) is 0 Å². The first kappa shape index (κ1) is 17.6. The maximum Gasteiger partial charge on any atom is 0.321 e. The number of hydrogen-bond donors (Lipinski definition) is 3. The first-order valence-electron chi connectivity index (χ1n) is 9.08. The largest absolute Gasteiger partial charge is 0.356 e. The molecule has 1 saturated heterocycles. The number of para-hydroxylation sites is 1. The van der Waals surface area contributed by atoms with Gasteiger partial charge in [-0.3, -0.25) is 9.69 Å². The Kier molecular flexibility index (Phi) is 4.93. The van der Waals surface area contributed by atoms with Gasteiger partial charge in [-0.1, -0.05) is 18.2 Å². The number of anilines is 4. The van der Waals surface area contributed by atoms with E-state index in [2.05, 4.69) is 16.0 Å². The van der Waals surface area contributed by atoms with Gasteiger partial charge < -0.3 is 16.0 Å². The molecule has 0 aromatic heterocycles. The summed E-state index contributed by atoms with van der Waals surface area (Å²) in [5.41, 5.74) is 3.98. The molecule has 28 heavy (non-hydrogen) atoms. The van der Waals surface area contributed by atoms with Crippen LogP contribution in [0.1, 0.15) is 10.4 Å². The molecule has 140 valence electrons. The lowest BCUT2D eigenvalue weighted by molar-refractivity contribution is 0.102. The first-order chi connectivity index (χ1) is 13.7. The van der Waals surface area contributed by atoms with E-state index in [1.807, 2.05) is 54.6 Å². The van der Waals surface area contributed by atoms with Crippen LogP contribution in [0.25, 0.3) is 0 Å². The average molecular weight is 372 g/mol. The highest BCUT2D eigenvalue weighted by Crippen LogP contribution is 2.20. The molecule has 0 radical (unpaired) electrons. The van der Waals surface area contributed by atoms with Gasteiger partial charge in [0.2, 0.25) is 0 Å². The van der Waals surface area contributed by atoms with E-state index in [-0.39, 0.29) is 11.9 Å². The Morgan fingerprint density at radius 2 is 1.46 bits per heavy atom. The predicted molar refractivity (Wildman–Crippen MR) is 111 cm³/mol. The summed E-state index contributed by atoms with van der Waals surface area (Å²) >= 11 is 0. The molecule has 0 saturated carbocycles. The van der Waals surface area contributed by atoms with Crippen molar-refractivity contribution in [2.45, 2.75) is 0 Å². The summed E-state index contributed by atoms with van der Waals surface area (Å²) in [6.07, 6.45) is 0. The number of nitrogens with zero attached hydrogens (tertiary/aromatic N) is 1. The Labute approximate surface area is 163 Å². The molecule has 0 aliphatic carbocycles. The van der Waals surface area contributed by atoms with Crippen LogP contribution >= 0.6 is 0 Å². The maximum absolute atomic E-state index is 12.5. The minimum atomic E-state index is -0.193. The van der Waals surface area contributed by atoms with Crippen molar-refractivity contribution >= 4 is 34.7 Å². The van der Waals surface area contributed by atoms with E-state index in [1.54, 1.807) is 29.2 Å². The second-order valence-electron chi connectivity index (χ2n) is 6.45. The van der Waals surface area contributed by atoms with Crippen LogP contribution in [0.15, 0.2) is 78.9 Å². The third kappa shape index (κ3) is 3.96. The Balaban J connectivity index is 1.38. The minimum absolute atomic E-state index is 0.110. The van der Waals surface area contributed by atoms with E-state index in [4.69, 9.17) is 0 Å². The molecule has 4 rings (SSSR count). The number of nitrogens with one attached hydrogen (secondary N) is 3. The highest BCUT2D eigenvalue weighted by Gasteiger charge is 2.21. The standard InChI is InChI=1S/C22H20N4O2/c27-21(16-6-12-20(13-7-16)26-15-14-23-22(26)28)25-19-10-8-18(9-11-19)24-17-4-2-1-3-5-17/h1-13,24H,14-15H2,(H,23,28)(H,25,27). The summed E-state index contributed by atoms with van der Waals surface area (Å²) in [6, 6.07) is 24.3. The molecule has 1 heterocycles. The SMILES string of the molecule is O=C(Nc1ccc(Nc2ccccc2)cc1)c1ccc(N2CCNC2=O)cc1. The highest BCUT2D eigenvalue weighted by atomic mass is 16.2. The van der Waals surface area contributed by atoms with Gasteiger partial charge in [0, 0.05) is 41.4 Å². The van der Waals surface area contributed by atoms with Gasteiger partial charge in [-0.15, -0.1) is 0 Å². The fraction of sp³-hybridized carbons (Fsp3) is 0.0909. The zero-order valence-electron chi connectivity index (χ0n) is 15.2. The molecule has 0 unspecified atom stereocenters. The van der Waals surface area contributed by atoms with Crippen molar-refractivity contribution in [1.29, 1.82) is 0 Å². The molecule has 3 amide bonds. The van der Waals surface area contributed by atoms with Gasteiger partial charge in [-0.25, -0.2) is 4.79 Å². The predicted octanol–water partition coefficient (Wildman–Crippen LogP) is 4.21. The van der Waals surface area contributed by atoms with Gasteiger partial charge in [0.15, 0.2) is 0 Å². The van der Waals surface area contributed by atoms with Crippen molar-refractivity contribution in [3.63, 3.8) is 0 Å². The molecule has 3 aromatic carbocycles. The lowest BCUT2D eigenvalue weighted by atomic mass is 10.1. The van der Waals surface area contributed by atoms with Gasteiger partial charge in [-0.05, 0) is 60.7 Å². The number of carbonyl (C=O) groups excluding carboxylic acids is 2. The zero-order valence-corrected chi connectivity index (χ0v) is 15.2. The monoisotopic (exact) mass is 372 g/mol. The Hall–Kier alpha value is -3.80. The average Bonchev–Trinajstić information content (AvgIpc) is 3.16. The molecular weight excluding hydrogens is 352 g/mol. The summed E-state index contributed by atoms with van der Waals surface area (Å²) in [7, 11) is 0. The third-order valence-corrected chi connectivity index (χ3v) is 4.50. The van der Waals surface area contributed by atoms with Gasteiger partial charge in [0.1, 0.15) is 0 Å². The lowest BCUT2D eigenvalue weighted by Gasteiger charge is -2.14. The summed E-state index contributed by atoms with van der Waals surface area (Å²) < 4.78 is 0. The van der Waals surface area contributed by atoms with Crippen LogP contribution in [-0.4, -0.2) is 25.0 Å². The number of carbonyl (C=O) groups is 2. The van der Waals surface area contributed by atoms with Crippen LogP contribution in [0.2, 0.25) is 0 Å². The van der Waals surface area contributed by atoms with Crippen LogP contribution < -0.4 is 20.9 Å². The summed E-state index contributed by atoms with van der Waals surface area (Å²) in [5, 5.41) is 8.95. The number of hydrogen-bond acceptors (Lipinski definition) is 3. The Morgan fingerprint density at radius 1 is 0.821 bits per heavy atom. The van der Waals surface area contributed by atoms with Crippen molar-refractivity contribution in [1.82, 2.24) is 5.32 Å². The normalized spacial score (nSPS) is 13.1. The lowest BCUT2D eigenvalue weighted by Crippen LogP contribution is -2.27. The zero-order chi connectivity index (χ0) is 19.3. The van der Waals surface area contributed by atoms with E-state index in [0.29, 0.717) is 24.3 Å². The van der Waals surface area contributed by atoms with E-state index >= 15 is 0 Å². The van der Waals surface area contributed by atoms with Gasteiger partial charge >= 0.3 is 6.03 Å². The molecular formula is C22H20N4O2. The summed E-state index contributed by atoms with van der Waals surface area (Å²) in [6.45, 7) is 1.27. The molecule has 0 bridgehead atoms. The van der Waals surface area contributed by atoms with E-state index < -0.39 is 0 Å². The number of urea groups is 1. The van der Waals surface area contributed by atoms with E-state index in [0.717, 1.165) is 17.1 Å². The van der Waals surface area contributed by atoms with Crippen molar-refractivity contribution in [3.05, 3.63) is 84.4 Å². The summed E-state index contributed by atoms with van der Waals surface area (Å²) in [4.78, 5) is 25.8. The Morgan fingerprint density at radius 3 is 2.11 bits per heavy atom. The van der Waals surface area contributed by atoms with Crippen LogP contribution in [-0.2, 0) is 0 Å². The molecule has 0 atom stereocenters. The molecule has 0 spiro atoms. The molecule has 3 N–H and O–H groups in total. The maximum atomic E-state index is 12.5. The third-order valence-electron chi connectivity index (χ3n) is 4.50. The molecule has 1 aliphatic heterocycles. The number of amides is 3. The molecule has 1 fully saturated rings. The fourth-order valence-electron chi connectivity index (χ4n) is 3.04. The van der Waals surface area contributed by atoms with Crippen molar-refractivity contribution < 1.29 is 9.59 Å². The number of rotatable bonds is 5. The first-order valence-corrected chi connectivity index (χ1v) is 9.08. The van der Waals surface area contributed by atoms with Gasteiger partial charge in [0.25, 0.3) is 5.91 Å². The summed E-state index contributed by atoms with van der Waals surface area (Å²) in [5.74, 6) is -0.193. The van der Waals surface area contributed by atoms with Crippen LogP contribution in [0.3, 0.4) is 0 Å². The molecule has 6 heteroatoms. The molecule has 6 nitrogen and oxygen atoms in total. The number of benzene rings is 3. The quantitative estimate of drug-likeness (QED) is 0.628. The molecule has 3 aromatic rings.